The predicted molar refractivity (Wildman–Crippen MR) is 64.5 cm³/mol. The van der Waals surface area contributed by atoms with E-state index in [-0.39, 0.29) is 12.3 Å². The highest BCUT2D eigenvalue weighted by atomic mass is 19.3. The standard InChI is InChI=1S/C13H14F2N2O2/c1-13(14,15)12(19)16-9-7-10(18)17-11(9)8-5-3-2-4-6-8/h2-6,9,11H,7H2,1H3,(H,16,19)(H,17,18)/t9?,11-/m1/s1. The predicted octanol–water partition coefficient (Wildman–Crippen LogP) is 1.39. The lowest BCUT2D eigenvalue weighted by Crippen LogP contribution is -2.45. The van der Waals surface area contributed by atoms with Gasteiger partial charge in [0.25, 0.3) is 5.91 Å². The molecule has 0 aliphatic carbocycles. The van der Waals surface area contributed by atoms with Crippen molar-refractivity contribution in [1.82, 2.24) is 10.6 Å². The average molecular weight is 268 g/mol. The molecule has 2 N–H and O–H groups in total. The fourth-order valence-corrected chi connectivity index (χ4v) is 2.06. The van der Waals surface area contributed by atoms with E-state index in [2.05, 4.69) is 10.6 Å². The Morgan fingerprint density at radius 1 is 1.37 bits per heavy atom. The van der Waals surface area contributed by atoms with Gasteiger partial charge in [0.05, 0.1) is 12.1 Å². The van der Waals surface area contributed by atoms with Crippen LogP contribution in [0.2, 0.25) is 0 Å². The van der Waals surface area contributed by atoms with Crippen LogP contribution in [0.5, 0.6) is 0 Å². The minimum absolute atomic E-state index is 0.00137. The van der Waals surface area contributed by atoms with Crippen molar-refractivity contribution >= 4 is 11.8 Å². The number of nitrogens with one attached hydrogen (secondary N) is 2. The van der Waals surface area contributed by atoms with Gasteiger partial charge in [-0.3, -0.25) is 9.59 Å². The molecule has 1 fully saturated rings. The number of carbonyl (C=O) groups excluding carboxylic acids is 2. The number of hydrogen-bond acceptors (Lipinski definition) is 2. The molecule has 0 radical (unpaired) electrons. The Labute approximate surface area is 109 Å². The van der Waals surface area contributed by atoms with E-state index in [1.54, 1.807) is 24.3 Å². The fourth-order valence-electron chi connectivity index (χ4n) is 2.06. The van der Waals surface area contributed by atoms with Gasteiger partial charge >= 0.3 is 5.92 Å². The number of amides is 2. The van der Waals surface area contributed by atoms with Crippen LogP contribution in [0.25, 0.3) is 0 Å². The van der Waals surface area contributed by atoms with Crippen LogP contribution in [0.1, 0.15) is 24.9 Å². The van der Waals surface area contributed by atoms with Crippen molar-refractivity contribution in [2.75, 3.05) is 0 Å². The average Bonchev–Trinajstić information content (AvgIpc) is 2.70. The maximum atomic E-state index is 12.9. The minimum atomic E-state index is -3.45. The van der Waals surface area contributed by atoms with Crippen molar-refractivity contribution in [2.24, 2.45) is 0 Å². The van der Waals surface area contributed by atoms with Crippen LogP contribution in [-0.2, 0) is 9.59 Å². The highest BCUT2D eigenvalue weighted by Crippen LogP contribution is 2.25. The zero-order valence-corrected chi connectivity index (χ0v) is 10.3. The molecule has 1 aliphatic heterocycles. The Kier molecular flexibility index (Phi) is 3.50. The maximum absolute atomic E-state index is 12.9. The number of alkyl halides is 2. The molecular weight excluding hydrogens is 254 g/mol. The van der Waals surface area contributed by atoms with Crippen molar-refractivity contribution in [3.63, 3.8) is 0 Å². The second kappa shape index (κ2) is 4.95. The van der Waals surface area contributed by atoms with Gasteiger partial charge in [-0.2, -0.15) is 8.78 Å². The molecule has 6 heteroatoms. The van der Waals surface area contributed by atoms with Gasteiger partial charge in [0.15, 0.2) is 0 Å². The molecule has 1 unspecified atom stereocenters. The molecular formula is C13H14F2N2O2. The van der Waals surface area contributed by atoms with Crippen LogP contribution < -0.4 is 10.6 Å². The molecule has 2 amide bonds. The van der Waals surface area contributed by atoms with Crippen molar-refractivity contribution in [2.45, 2.75) is 31.4 Å². The molecule has 0 spiro atoms. The van der Waals surface area contributed by atoms with Crippen molar-refractivity contribution in [1.29, 1.82) is 0 Å². The van der Waals surface area contributed by atoms with E-state index in [0.717, 1.165) is 5.56 Å². The van der Waals surface area contributed by atoms with Crippen LogP contribution in [0, 0.1) is 0 Å². The van der Waals surface area contributed by atoms with Crippen LogP contribution in [0.3, 0.4) is 0 Å². The van der Waals surface area contributed by atoms with Gasteiger partial charge in [-0.1, -0.05) is 30.3 Å². The molecule has 2 atom stereocenters. The maximum Gasteiger partial charge on any atom is 0.321 e. The molecule has 1 heterocycles. The van der Waals surface area contributed by atoms with Gasteiger partial charge in [-0.25, -0.2) is 0 Å². The molecule has 1 aromatic carbocycles. The summed E-state index contributed by atoms with van der Waals surface area (Å²) >= 11 is 0. The molecule has 2 rings (SSSR count). The lowest BCUT2D eigenvalue weighted by molar-refractivity contribution is -0.143. The second-order valence-electron chi connectivity index (χ2n) is 4.63. The van der Waals surface area contributed by atoms with Gasteiger partial charge in [0, 0.05) is 13.3 Å². The summed E-state index contributed by atoms with van der Waals surface area (Å²) in [6.07, 6.45) is 0.00137. The summed E-state index contributed by atoms with van der Waals surface area (Å²) in [5, 5.41) is 4.90. The van der Waals surface area contributed by atoms with Gasteiger partial charge in [0.2, 0.25) is 5.91 Å². The van der Waals surface area contributed by atoms with E-state index in [1.165, 1.54) is 0 Å². The van der Waals surface area contributed by atoms with Gasteiger partial charge in [0.1, 0.15) is 0 Å². The minimum Gasteiger partial charge on any atom is -0.347 e. The molecule has 0 bridgehead atoms. The van der Waals surface area contributed by atoms with E-state index >= 15 is 0 Å². The molecule has 1 aromatic rings. The summed E-state index contributed by atoms with van der Waals surface area (Å²) in [6.45, 7) is 0.532. The molecule has 0 aromatic heterocycles. The Bertz CT molecular complexity index is 485. The third-order valence-electron chi connectivity index (χ3n) is 3.00. The molecule has 4 nitrogen and oxygen atoms in total. The first kappa shape index (κ1) is 13.5. The lowest BCUT2D eigenvalue weighted by Gasteiger charge is -2.22. The van der Waals surface area contributed by atoms with Crippen molar-refractivity contribution in [3.8, 4) is 0 Å². The third-order valence-corrected chi connectivity index (χ3v) is 3.00. The summed E-state index contributed by atoms with van der Waals surface area (Å²) in [5.41, 5.74) is 0.776. The third kappa shape index (κ3) is 3.07. The fraction of sp³-hybridized carbons (Fsp3) is 0.385. The first-order valence-corrected chi connectivity index (χ1v) is 5.91. The SMILES string of the molecule is CC(F)(F)C(=O)NC1CC(=O)N[C@@H]1c1ccccc1. The van der Waals surface area contributed by atoms with Crippen LogP contribution in [0.15, 0.2) is 30.3 Å². The molecule has 19 heavy (non-hydrogen) atoms. The van der Waals surface area contributed by atoms with E-state index in [9.17, 15) is 18.4 Å². The summed E-state index contributed by atoms with van der Waals surface area (Å²) in [5.74, 6) is -5.08. The molecule has 1 aliphatic rings. The number of hydrogen-bond donors (Lipinski definition) is 2. The first-order valence-electron chi connectivity index (χ1n) is 5.91. The van der Waals surface area contributed by atoms with Gasteiger partial charge in [-0.15, -0.1) is 0 Å². The Balaban J connectivity index is 2.15. The van der Waals surface area contributed by atoms with E-state index in [4.69, 9.17) is 0 Å². The first-order chi connectivity index (χ1) is 8.88. The number of halogens is 2. The quantitative estimate of drug-likeness (QED) is 0.870. The van der Waals surface area contributed by atoms with Gasteiger partial charge in [-0.05, 0) is 5.56 Å². The van der Waals surface area contributed by atoms with E-state index in [0.29, 0.717) is 6.92 Å². The summed E-state index contributed by atoms with van der Waals surface area (Å²) < 4.78 is 25.8. The zero-order chi connectivity index (χ0) is 14.0. The van der Waals surface area contributed by atoms with Crippen LogP contribution in [0.4, 0.5) is 8.78 Å². The molecule has 102 valence electrons. The lowest BCUT2D eigenvalue weighted by atomic mass is 10.0. The Morgan fingerprint density at radius 3 is 2.58 bits per heavy atom. The highest BCUT2D eigenvalue weighted by Gasteiger charge is 2.39. The summed E-state index contributed by atoms with van der Waals surface area (Å²) in [4.78, 5) is 22.7. The Hall–Kier alpha value is -1.98. The van der Waals surface area contributed by atoms with E-state index in [1.807, 2.05) is 6.07 Å². The summed E-state index contributed by atoms with van der Waals surface area (Å²) in [7, 11) is 0. The van der Waals surface area contributed by atoms with Crippen molar-refractivity contribution < 1.29 is 18.4 Å². The normalized spacial score (nSPS) is 23.0. The molecule has 0 saturated carbocycles. The highest BCUT2D eigenvalue weighted by molar-refractivity contribution is 5.86. The van der Waals surface area contributed by atoms with Crippen molar-refractivity contribution in [3.05, 3.63) is 35.9 Å². The largest absolute Gasteiger partial charge is 0.347 e. The topological polar surface area (TPSA) is 58.2 Å². The summed E-state index contributed by atoms with van der Waals surface area (Å²) in [6, 6.07) is 7.81. The zero-order valence-electron chi connectivity index (χ0n) is 10.3. The number of rotatable bonds is 3. The second-order valence-corrected chi connectivity index (χ2v) is 4.63. The van der Waals surface area contributed by atoms with Gasteiger partial charge < -0.3 is 10.6 Å². The van der Waals surface area contributed by atoms with Crippen LogP contribution >= 0.6 is 0 Å². The number of benzene rings is 1. The smallest absolute Gasteiger partial charge is 0.321 e. The number of carbonyl (C=O) groups is 2. The van der Waals surface area contributed by atoms with Crippen LogP contribution in [-0.4, -0.2) is 23.8 Å². The molecule has 1 saturated heterocycles. The van der Waals surface area contributed by atoms with E-state index < -0.39 is 23.9 Å². The Morgan fingerprint density at radius 2 is 2.00 bits per heavy atom. The monoisotopic (exact) mass is 268 g/mol.